The summed E-state index contributed by atoms with van der Waals surface area (Å²) in [6.45, 7) is 0. The van der Waals surface area contributed by atoms with Gasteiger partial charge in [-0.1, -0.05) is 237 Å². The van der Waals surface area contributed by atoms with E-state index in [-0.39, 0.29) is 0 Å². The van der Waals surface area contributed by atoms with Crippen LogP contribution in [-0.4, -0.2) is 15.0 Å². The Kier molecular flexibility index (Phi) is 11.0. The van der Waals surface area contributed by atoms with E-state index in [4.69, 9.17) is 15.0 Å². The van der Waals surface area contributed by atoms with E-state index in [0.29, 0.717) is 17.5 Å². The molecule has 0 aliphatic heterocycles. The maximum absolute atomic E-state index is 5.29. The van der Waals surface area contributed by atoms with Crippen LogP contribution in [0.1, 0.15) is 0 Å². The topological polar surface area (TPSA) is 38.7 Å². The van der Waals surface area contributed by atoms with Crippen LogP contribution >= 0.6 is 0 Å². The summed E-state index contributed by atoms with van der Waals surface area (Å²) < 4.78 is 0. The van der Waals surface area contributed by atoms with Gasteiger partial charge in [-0.15, -0.1) is 0 Å². The Morgan fingerprint density at radius 3 is 0.803 bits per heavy atom. The standard InChI is InChI=1S/C63H43N3/c1-7-22-44(23-8-1)50-34-19-37-53(40-50)61-64-62(54-38-20-35-51(41-54)45-24-9-2-10-25-45)66-63(65-61)55-39-21-36-52(42-55)57-43-56(46-26-11-3-12-27-46)58(47-28-13-4-14-29-47)60(49-32-17-6-18-33-49)59(57)48-30-15-5-16-31-48/h1-43H. The maximum Gasteiger partial charge on any atom is 0.164 e. The first-order chi connectivity index (χ1) is 32.7. The Morgan fingerprint density at radius 2 is 0.424 bits per heavy atom. The molecule has 10 aromatic carbocycles. The Balaban J connectivity index is 1.15. The van der Waals surface area contributed by atoms with Crippen LogP contribution in [0.2, 0.25) is 0 Å². The average molecular weight is 842 g/mol. The fourth-order valence-corrected chi connectivity index (χ4v) is 8.98. The molecule has 0 saturated carbocycles. The van der Waals surface area contributed by atoms with Gasteiger partial charge < -0.3 is 0 Å². The molecular formula is C63H43N3. The minimum Gasteiger partial charge on any atom is -0.208 e. The Labute approximate surface area is 386 Å². The van der Waals surface area contributed by atoms with Gasteiger partial charge in [0, 0.05) is 16.7 Å². The third-order valence-electron chi connectivity index (χ3n) is 12.1. The van der Waals surface area contributed by atoms with E-state index in [1.165, 1.54) is 11.1 Å². The van der Waals surface area contributed by atoms with Gasteiger partial charge in [-0.2, -0.15) is 0 Å². The molecule has 0 saturated heterocycles. The van der Waals surface area contributed by atoms with Crippen LogP contribution in [0.5, 0.6) is 0 Å². The van der Waals surface area contributed by atoms with E-state index in [1.807, 2.05) is 12.1 Å². The van der Waals surface area contributed by atoms with Crippen molar-refractivity contribution in [1.29, 1.82) is 0 Å². The second-order valence-electron chi connectivity index (χ2n) is 16.3. The highest BCUT2D eigenvalue weighted by molar-refractivity contribution is 6.07. The Hall–Kier alpha value is -8.79. The quantitative estimate of drug-likeness (QED) is 0.138. The molecule has 0 spiro atoms. The average Bonchev–Trinajstić information content (AvgIpc) is 3.41. The van der Waals surface area contributed by atoms with Gasteiger partial charge in [-0.3, -0.25) is 0 Å². The molecule has 0 aliphatic carbocycles. The summed E-state index contributed by atoms with van der Waals surface area (Å²) in [5.74, 6) is 1.82. The molecular weight excluding hydrogens is 799 g/mol. The molecule has 0 aliphatic rings. The number of hydrogen-bond donors (Lipinski definition) is 0. The zero-order valence-corrected chi connectivity index (χ0v) is 36.2. The molecule has 0 bridgehead atoms. The van der Waals surface area contributed by atoms with Gasteiger partial charge in [0.2, 0.25) is 0 Å². The molecule has 3 heteroatoms. The molecule has 0 N–H and O–H groups in total. The molecule has 3 nitrogen and oxygen atoms in total. The minimum atomic E-state index is 0.598. The summed E-state index contributed by atoms with van der Waals surface area (Å²) in [6.07, 6.45) is 0. The number of nitrogens with zero attached hydrogens (tertiary/aromatic N) is 3. The summed E-state index contributed by atoms with van der Waals surface area (Å²) in [5.41, 5.74) is 18.6. The Morgan fingerprint density at radius 1 is 0.167 bits per heavy atom. The lowest BCUT2D eigenvalue weighted by Crippen LogP contribution is -2.01. The Bertz CT molecular complexity index is 3330. The van der Waals surface area contributed by atoms with Crippen LogP contribution in [0, 0.1) is 0 Å². The van der Waals surface area contributed by atoms with Crippen molar-refractivity contribution in [3.63, 3.8) is 0 Å². The highest BCUT2D eigenvalue weighted by atomic mass is 15.0. The molecule has 11 rings (SSSR count). The number of rotatable bonds is 10. The molecule has 0 atom stereocenters. The van der Waals surface area contributed by atoms with Gasteiger partial charge in [0.1, 0.15) is 0 Å². The van der Waals surface area contributed by atoms with Gasteiger partial charge in [0.25, 0.3) is 0 Å². The van der Waals surface area contributed by atoms with Gasteiger partial charge >= 0.3 is 0 Å². The van der Waals surface area contributed by atoms with E-state index in [9.17, 15) is 0 Å². The van der Waals surface area contributed by atoms with Crippen molar-refractivity contribution in [2.24, 2.45) is 0 Å². The van der Waals surface area contributed by atoms with Crippen LogP contribution in [0.15, 0.2) is 261 Å². The first-order valence-electron chi connectivity index (χ1n) is 22.3. The maximum atomic E-state index is 5.29. The van der Waals surface area contributed by atoms with Crippen LogP contribution in [0.3, 0.4) is 0 Å². The first-order valence-corrected chi connectivity index (χ1v) is 22.3. The second kappa shape index (κ2) is 18.1. The highest BCUT2D eigenvalue weighted by Gasteiger charge is 2.24. The predicted octanol–water partition coefficient (Wildman–Crippen LogP) is 16.5. The van der Waals surface area contributed by atoms with Crippen molar-refractivity contribution in [3.05, 3.63) is 261 Å². The zero-order chi connectivity index (χ0) is 44.1. The molecule has 310 valence electrons. The predicted molar refractivity (Wildman–Crippen MR) is 274 cm³/mol. The van der Waals surface area contributed by atoms with Gasteiger partial charge in [-0.25, -0.2) is 15.0 Å². The van der Waals surface area contributed by atoms with Crippen molar-refractivity contribution in [1.82, 2.24) is 15.0 Å². The van der Waals surface area contributed by atoms with E-state index < -0.39 is 0 Å². The summed E-state index contributed by atoms with van der Waals surface area (Å²) in [7, 11) is 0. The second-order valence-corrected chi connectivity index (χ2v) is 16.3. The third kappa shape index (κ3) is 8.14. The summed E-state index contributed by atoms with van der Waals surface area (Å²) in [5, 5.41) is 0. The highest BCUT2D eigenvalue weighted by Crippen LogP contribution is 2.50. The summed E-state index contributed by atoms with van der Waals surface area (Å²) in [6, 6.07) is 92.1. The molecule has 0 radical (unpaired) electrons. The number of hydrogen-bond acceptors (Lipinski definition) is 3. The summed E-state index contributed by atoms with van der Waals surface area (Å²) >= 11 is 0. The largest absolute Gasteiger partial charge is 0.208 e. The molecule has 0 unspecified atom stereocenters. The molecule has 66 heavy (non-hydrogen) atoms. The van der Waals surface area contributed by atoms with Crippen LogP contribution in [0.25, 0.3) is 112 Å². The molecule has 11 aromatic rings. The lowest BCUT2D eigenvalue weighted by atomic mass is 9.79. The van der Waals surface area contributed by atoms with Crippen LogP contribution < -0.4 is 0 Å². The van der Waals surface area contributed by atoms with Gasteiger partial charge in [-0.05, 0) is 102 Å². The van der Waals surface area contributed by atoms with Gasteiger partial charge in [0.15, 0.2) is 17.5 Å². The molecule has 0 fully saturated rings. The smallest absolute Gasteiger partial charge is 0.164 e. The van der Waals surface area contributed by atoms with E-state index in [1.54, 1.807) is 0 Å². The zero-order valence-electron chi connectivity index (χ0n) is 36.2. The van der Waals surface area contributed by atoms with Crippen molar-refractivity contribution in [2.45, 2.75) is 0 Å². The normalized spacial score (nSPS) is 11.0. The van der Waals surface area contributed by atoms with Crippen molar-refractivity contribution >= 4 is 0 Å². The van der Waals surface area contributed by atoms with E-state index >= 15 is 0 Å². The van der Waals surface area contributed by atoms with Crippen molar-refractivity contribution in [2.75, 3.05) is 0 Å². The molecule has 1 heterocycles. The third-order valence-corrected chi connectivity index (χ3v) is 12.1. The molecule has 1 aromatic heterocycles. The van der Waals surface area contributed by atoms with Crippen LogP contribution in [-0.2, 0) is 0 Å². The molecule has 0 amide bonds. The minimum absolute atomic E-state index is 0.598. The lowest BCUT2D eigenvalue weighted by molar-refractivity contribution is 1.07. The van der Waals surface area contributed by atoms with Crippen molar-refractivity contribution in [3.8, 4) is 112 Å². The van der Waals surface area contributed by atoms with E-state index in [2.05, 4.69) is 249 Å². The summed E-state index contributed by atoms with van der Waals surface area (Å²) in [4.78, 5) is 15.8. The fourth-order valence-electron chi connectivity index (χ4n) is 8.98. The SMILES string of the molecule is c1ccc(-c2cccc(-c3nc(-c4cccc(-c5ccccc5)c4)nc(-c4cccc(-c5cc(-c6ccccc6)c(-c6ccccc6)c(-c6ccccc6)c5-c5ccccc5)c4)n3)c2)cc1. The number of aromatic nitrogens is 3. The monoisotopic (exact) mass is 841 g/mol. The van der Waals surface area contributed by atoms with Crippen molar-refractivity contribution < 1.29 is 0 Å². The fraction of sp³-hybridized carbons (Fsp3) is 0. The first kappa shape index (κ1) is 40.0. The van der Waals surface area contributed by atoms with E-state index in [0.717, 1.165) is 83.5 Å². The lowest BCUT2D eigenvalue weighted by Gasteiger charge is -2.24. The van der Waals surface area contributed by atoms with Crippen LogP contribution in [0.4, 0.5) is 0 Å². The van der Waals surface area contributed by atoms with Gasteiger partial charge in [0.05, 0.1) is 0 Å². The number of benzene rings is 10.